The Labute approximate surface area is 131 Å². The van der Waals surface area contributed by atoms with Crippen LogP contribution in [0.2, 0.25) is 0 Å². The topological polar surface area (TPSA) is 96.2 Å². The summed E-state index contributed by atoms with van der Waals surface area (Å²) < 4.78 is 1.46. The van der Waals surface area contributed by atoms with Crippen molar-refractivity contribution >= 4 is 27.5 Å². The fourth-order valence-electron chi connectivity index (χ4n) is 2.54. The van der Waals surface area contributed by atoms with Crippen LogP contribution in [0.5, 0.6) is 0 Å². The van der Waals surface area contributed by atoms with E-state index in [9.17, 15) is 14.7 Å². The standard InChI is InChI=1S/C14H18N4O3S/c19-11-7-15-5-9(11)6-16-12(20)1-3-18-8-17-13-10(14(18)21)2-4-22-13/h2,4,8-9,11,15,19H,1,3,5-7H2,(H,16,20). The molecule has 3 N–H and O–H groups in total. The van der Waals surface area contributed by atoms with Gasteiger partial charge in [-0.2, -0.15) is 0 Å². The summed E-state index contributed by atoms with van der Waals surface area (Å²) in [6.07, 6.45) is 1.29. The van der Waals surface area contributed by atoms with Crippen molar-refractivity contribution in [1.82, 2.24) is 20.2 Å². The van der Waals surface area contributed by atoms with Gasteiger partial charge in [-0.05, 0) is 11.4 Å². The third kappa shape index (κ3) is 3.18. The third-order valence-corrected chi connectivity index (χ3v) is 4.72. The molecule has 1 aliphatic rings. The highest BCUT2D eigenvalue weighted by molar-refractivity contribution is 7.16. The smallest absolute Gasteiger partial charge is 0.262 e. The van der Waals surface area contributed by atoms with Crippen LogP contribution in [0.15, 0.2) is 22.6 Å². The van der Waals surface area contributed by atoms with E-state index in [1.54, 1.807) is 6.07 Å². The number of amides is 1. The number of hydrogen-bond acceptors (Lipinski definition) is 6. The number of aromatic nitrogens is 2. The Morgan fingerprint density at radius 1 is 1.55 bits per heavy atom. The zero-order valence-corrected chi connectivity index (χ0v) is 12.8. The van der Waals surface area contributed by atoms with E-state index in [-0.39, 0.29) is 23.8 Å². The number of carbonyl (C=O) groups excluding carboxylic acids is 1. The van der Waals surface area contributed by atoms with Crippen LogP contribution in [0.3, 0.4) is 0 Å². The molecular weight excluding hydrogens is 304 g/mol. The van der Waals surface area contributed by atoms with Gasteiger partial charge in [0.15, 0.2) is 0 Å². The number of fused-ring (bicyclic) bond motifs is 1. The lowest BCUT2D eigenvalue weighted by Crippen LogP contribution is -2.35. The van der Waals surface area contributed by atoms with Gasteiger partial charge in [-0.15, -0.1) is 11.3 Å². The van der Waals surface area contributed by atoms with Crippen molar-refractivity contribution in [2.45, 2.75) is 19.1 Å². The van der Waals surface area contributed by atoms with Gasteiger partial charge in [-0.3, -0.25) is 14.2 Å². The van der Waals surface area contributed by atoms with E-state index in [1.807, 2.05) is 5.38 Å². The minimum absolute atomic E-state index is 0.0514. The van der Waals surface area contributed by atoms with Gasteiger partial charge in [0.05, 0.1) is 17.8 Å². The first-order chi connectivity index (χ1) is 10.6. The minimum atomic E-state index is -0.409. The molecule has 0 bridgehead atoms. The average molecular weight is 322 g/mol. The summed E-state index contributed by atoms with van der Waals surface area (Å²) in [5.74, 6) is -0.0769. The van der Waals surface area contributed by atoms with Crippen molar-refractivity contribution in [3.8, 4) is 0 Å². The first-order valence-corrected chi connectivity index (χ1v) is 8.11. The normalized spacial score (nSPS) is 21.3. The highest BCUT2D eigenvalue weighted by atomic mass is 32.1. The summed E-state index contributed by atoms with van der Waals surface area (Å²) in [4.78, 5) is 28.9. The van der Waals surface area contributed by atoms with Crippen molar-refractivity contribution in [3.05, 3.63) is 28.1 Å². The molecule has 1 amide bonds. The molecule has 2 unspecified atom stereocenters. The van der Waals surface area contributed by atoms with E-state index in [0.717, 1.165) is 0 Å². The van der Waals surface area contributed by atoms with Crippen LogP contribution in [0.1, 0.15) is 6.42 Å². The number of β-amino-alcohol motifs (C(OH)–C–C–N with tert-alkyl or cyclic N) is 1. The predicted octanol–water partition coefficient (Wildman–Crippen LogP) is -0.455. The maximum Gasteiger partial charge on any atom is 0.262 e. The molecule has 118 valence electrons. The van der Waals surface area contributed by atoms with E-state index >= 15 is 0 Å². The molecule has 1 aliphatic heterocycles. The first kappa shape index (κ1) is 15.1. The summed E-state index contributed by atoms with van der Waals surface area (Å²) in [7, 11) is 0. The molecule has 2 aromatic rings. The van der Waals surface area contributed by atoms with E-state index in [1.165, 1.54) is 22.2 Å². The average Bonchev–Trinajstić information content (AvgIpc) is 3.13. The van der Waals surface area contributed by atoms with Crippen molar-refractivity contribution in [2.24, 2.45) is 5.92 Å². The quantitative estimate of drug-likeness (QED) is 0.692. The van der Waals surface area contributed by atoms with Gasteiger partial charge < -0.3 is 15.7 Å². The van der Waals surface area contributed by atoms with E-state index in [0.29, 0.717) is 36.4 Å². The van der Waals surface area contributed by atoms with Crippen LogP contribution in [0.25, 0.3) is 10.2 Å². The minimum Gasteiger partial charge on any atom is -0.391 e. The van der Waals surface area contributed by atoms with Crippen molar-refractivity contribution in [2.75, 3.05) is 19.6 Å². The van der Waals surface area contributed by atoms with Crippen molar-refractivity contribution < 1.29 is 9.90 Å². The molecule has 0 aliphatic carbocycles. The lowest BCUT2D eigenvalue weighted by atomic mass is 10.1. The second kappa shape index (κ2) is 6.55. The summed E-state index contributed by atoms with van der Waals surface area (Å²) in [5, 5.41) is 18.0. The largest absolute Gasteiger partial charge is 0.391 e. The monoisotopic (exact) mass is 322 g/mol. The second-order valence-corrected chi connectivity index (χ2v) is 6.32. The molecule has 2 atom stereocenters. The van der Waals surface area contributed by atoms with Gasteiger partial charge in [0.2, 0.25) is 5.91 Å². The molecule has 3 rings (SSSR count). The number of aliphatic hydroxyl groups is 1. The molecule has 7 nitrogen and oxygen atoms in total. The van der Waals surface area contributed by atoms with Crippen LogP contribution < -0.4 is 16.2 Å². The molecule has 8 heteroatoms. The van der Waals surface area contributed by atoms with Crippen LogP contribution in [-0.2, 0) is 11.3 Å². The Morgan fingerprint density at radius 2 is 2.41 bits per heavy atom. The highest BCUT2D eigenvalue weighted by Crippen LogP contribution is 2.13. The molecule has 1 saturated heterocycles. The van der Waals surface area contributed by atoms with Crippen molar-refractivity contribution in [1.29, 1.82) is 0 Å². The predicted molar refractivity (Wildman–Crippen MR) is 83.9 cm³/mol. The van der Waals surface area contributed by atoms with Gasteiger partial charge in [0, 0.05) is 38.5 Å². The zero-order valence-electron chi connectivity index (χ0n) is 12.0. The molecular formula is C14H18N4O3S. The lowest BCUT2D eigenvalue weighted by Gasteiger charge is -2.14. The summed E-state index contributed by atoms with van der Waals surface area (Å²) >= 11 is 1.42. The number of nitrogens with zero attached hydrogens (tertiary/aromatic N) is 2. The van der Waals surface area contributed by atoms with Gasteiger partial charge >= 0.3 is 0 Å². The highest BCUT2D eigenvalue weighted by Gasteiger charge is 2.24. The van der Waals surface area contributed by atoms with Gasteiger partial charge in [0.1, 0.15) is 4.83 Å². The molecule has 0 radical (unpaired) electrons. The Balaban J connectivity index is 1.53. The molecule has 0 aromatic carbocycles. The number of carbonyl (C=O) groups is 1. The van der Waals surface area contributed by atoms with Gasteiger partial charge in [0.25, 0.3) is 5.56 Å². The zero-order chi connectivity index (χ0) is 15.5. The van der Waals surface area contributed by atoms with Gasteiger partial charge in [-0.1, -0.05) is 0 Å². The summed E-state index contributed by atoms with van der Waals surface area (Å²) in [6, 6.07) is 1.75. The Morgan fingerprint density at radius 3 is 3.18 bits per heavy atom. The van der Waals surface area contributed by atoms with Crippen LogP contribution >= 0.6 is 11.3 Å². The Bertz CT molecular complexity index is 726. The maximum atomic E-state index is 12.2. The number of nitrogens with one attached hydrogen (secondary N) is 2. The molecule has 1 fully saturated rings. The number of rotatable bonds is 5. The summed E-state index contributed by atoms with van der Waals surface area (Å²) in [6.45, 7) is 2.03. The third-order valence-electron chi connectivity index (χ3n) is 3.90. The van der Waals surface area contributed by atoms with Crippen molar-refractivity contribution in [3.63, 3.8) is 0 Å². The molecule has 22 heavy (non-hydrogen) atoms. The van der Waals surface area contributed by atoms with E-state index < -0.39 is 6.10 Å². The molecule has 0 saturated carbocycles. The summed E-state index contributed by atoms with van der Waals surface area (Å²) in [5.41, 5.74) is -0.116. The second-order valence-electron chi connectivity index (χ2n) is 5.42. The van der Waals surface area contributed by atoms with E-state index in [2.05, 4.69) is 15.6 Å². The Kier molecular flexibility index (Phi) is 4.51. The Hall–Kier alpha value is -1.77. The van der Waals surface area contributed by atoms with Gasteiger partial charge in [-0.25, -0.2) is 4.98 Å². The number of thiophene rings is 1. The number of aryl methyl sites for hydroxylation is 1. The maximum absolute atomic E-state index is 12.2. The van der Waals surface area contributed by atoms with Crippen LogP contribution in [0.4, 0.5) is 0 Å². The fourth-order valence-corrected chi connectivity index (χ4v) is 3.26. The molecule has 3 heterocycles. The molecule has 0 spiro atoms. The number of hydrogen-bond donors (Lipinski definition) is 3. The van der Waals surface area contributed by atoms with Crippen LogP contribution in [0, 0.1) is 5.92 Å². The fraction of sp³-hybridized carbons (Fsp3) is 0.500. The van der Waals surface area contributed by atoms with E-state index in [4.69, 9.17) is 0 Å². The molecule has 2 aromatic heterocycles. The first-order valence-electron chi connectivity index (χ1n) is 7.23. The SMILES string of the molecule is O=C(CCn1cnc2sccc2c1=O)NCC1CNCC1O. The van der Waals surface area contributed by atoms with Crippen LogP contribution in [-0.4, -0.2) is 46.3 Å². The lowest BCUT2D eigenvalue weighted by molar-refractivity contribution is -0.121. The number of aliphatic hydroxyl groups excluding tert-OH is 1.